The molecule has 1 saturated carbocycles. The van der Waals surface area contributed by atoms with Crippen molar-refractivity contribution in [2.24, 2.45) is 11.7 Å². The Hall–Kier alpha value is -0.380. The van der Waals surface area contributed by atoms with E-state index in [1.807, 2.05) is 11.3 Å². The SMILES string of the molecule is Cc1ccc(C(CN)N(CC2CC2)C(C)C)s1. The average molecular weight is 252 g/mol. The van der Waals surface area contributed by atoms with Gasteiger partial charge in [0.2, 0.25) is 0 Å². The Balaban J connectivity index is 2.12. The van der Waals surface area contributed by atoms with Gasteiger partial charge in [0.15, 0.2) is 0 Å². The van der Waals surface area contributed by atoms with E-state index in [0.29, 0.717) is 12.1 Å². The Labute approximate surface area is 109 Å². The second kappa shape index (κ2) is 5.51. The van der Waals surface area contributed by atoms with Crippen LogP contribution in [0.2, 0.25) is 0 Å². The molecule has 1 heterocycles. The van der Waals surface area contributed by atoms with Gasteiger partial charge in [0.05, 0.1) is 6.04 Å². The molecule has 2 nitrogen and oxygen atoms in total. The number of nitrogens with two attached hydrogens (primary N) is 1. The molecular formula is C14H24N2S. The summed E-state index contributed by atoms with van der Waals surface area (Å²) in [6.45, 7) is 8.68. The first-order chi connectivity index (χ1) is 8.11. The normalized spacial score (nSPS) is 18.0. The van der Waals surface area contributed by atoms with Gasteiger partial charge >= 0.3 is 0 Å². The molecule has 1 aromatic heterocycles. The molecule has 0 aliphatic heterocycles. The highest BCUT2D eigenvalue weighted by molar-refractivity contribution is 7.12. The van der Waals surface area contributed by atoms with Crippen molar-refractivity contribution in [2.45, 2.75) is 45.7 Å². The second-order valence-electron chi connectivity index (χ2n) is 5.43. The van der Waals surface area contributed by atoms with Gasteiger partial charge in [0, 0.05) is 28.9 Å². The van der Waals surface area contributed by atoms with Crippen LogP contribution < -0.4 is 5.73 Å². The van der Waals surface area contributed by atoms with Gasteiger partial charge < -0.3 is 5.73 Å². The summed E-state index contributed by atoms with van der Waals surface area (Å²) in [5.74, 6) is 0.924. The smallest absolute Gasteiger partial charge is 0.0566 e. The predicted molar refractivity (Wildman–Crippen MR) is 75.4 cm³/mol. The number of hydrogen-bond acceptors (Lipinski definition) is 3. The lowest BCUT2D eigenvalue weighted by molar-refractivity contribution is 0.152. The molecule has 0 spiro atoms. The lowest BCUT2D eigenvalue weighted by Gasteiger charge is -2.34. The molecule has 0 aromatic carbocycles. The van der Waals surface area contributed by atoms with E-state index in [9.17, 15) is 0 Å². The van der Waals surface area contributed by atoms with Crippen molar-refractivity contribution in [3.05, 3.63) is 21.9 Å². The van der Waals surface area contributed by atoms with E-state index < -0.39 is 0 Å². The van der Waals surface area contributed by atoms with Crippen molar-refractivity contribution in [3.63, 3.8) is 0 Å². The highest BCUT2D eigenvalue weighted by atomic mass is 32.1. The Morgan fingerprint density at radius 3 is 2.53 bits per heavy atom. The zero-order valence-corrected chi connectivity index (χ0v) is 12.0. The molecule has 96 valence electrons. The summed E-state index contributed by atoms with van der Waals surface area (Å²) < 4.78 is 0. The average Bonchev–Trinajstić information content (AvgIpc) is 3.00. The van der Waals surface area contributed by atoms with Crippen molar-refractivity contribution >= 4 is 11.3 Å². The van der Waals surface area contributed by atoms with Crippen LogP contribution in [-0.4, -0.2) is 24.0 Å². The first kappa shape index (κ1) is 13.1. The van der Waals surface area contributed by atoms with E-state index in [4.69, 9.17) is 5.73 Å². The highest BCUT2D eigenvalue weighted by Gasteiger charge is 2.30. The van der Waals surface area contributed by atoms with Crippen LogP contribution in [-0.2, 0) is 0 Å². The van der Waals surface area contributed by atoms with E-state index in [1.165, 1.54) is 29.1 Å². The first-order valence-electron chi connectivity index (χ1n) is 6.64. The monoisotopic (exact) mass is 252 g/mol. The summed E-state index contributed by atoms with van der Waals surface area (Å²) in [6.07, 6.45) is 2.81. The van der Waals surface area contributed by atoms with Crippen molar-refractivity contribution in [3.8, 4) is 0 Å². The maximum absolute atomic E-state index is 6.01. The zero-order chi connectivity index (χ0) is 12.4. The fraction of sp³-hybridized carbons (Fsp3) is 0.714. The predicted octanol–water partition coefficient (Wildman–Crippen LogP) is 3.18. The molecule has 0 amide bonds. The largest absolute Gasteiger partial charge is 0.329 e. The van der Waals surface area contributed by atoms with Crippen LogP contribution in [0.15, 0.2) is 12.1 Å². The minimum absolute atomic E-state index is 0.411. The molecule has 17 heavy (non-hydrogen) atoms. The van der Waals surface area contributed by atoms with Crippen LogP contribution in [0.1, 0.15) is 42.5 Å². The Kier molecular flexibility index (Phi) is 4.23. The Morgan fingerprint density at radius 2 is 2.12 bits per heavy atom. The maximum Gasteiger partial charge on any atom is 0.0566 e. The summed E-state index contributed by atoms with van der Waals surface area (Å²) in [5.41, 5.74) is 6.01. The minimum atomic E-state index is 0.411. The van der Waals surface area contributed by atoms with Crippen LogP contribution in [0.3, 0.4) is 0 Å². The summed E-state index contributed by atoms with van der Waals surface area (Å²) in [6, 6.07) is 5.44. The Bertz CT molecular complexity index is 355. The molecular weight excluding hydrogens is 228 g/mol. The lowest BCUT2D eigenvalue weighted by Crippen LogP contribution is -2.39. The molecule has 3 heteroatoms. The van der Waals surface area contributed by atoms with Crippen LogP contribution in [0.25, 0.3) is 0 Å². The summed E-state index contributed by atoms with van der Waals surface area (Å²) >= 11 is 1.89. The minimum Gasteiger partial charge on any atom is -0.329 e. The van der Waals surface area contributed by atoms with E-state index in [1.54, 1.807) is 0 Å². The van der Waals surface area contributed by atoms with Crippen molar-refractivity contribution in [1.29, 1.82) is 0 Å². The first-order valence-corrected chi connectivity index (χ1v) is 7.45. The molecule has 0 radical (unpaired) electrons. The van der Waals surface area contributed by atoms with Crippen LogP contribution in [0.4, 0.5) is 0 Å². The van der Waals surface area contributed by atoms with Gasteiger partial charge in [-0.1, -0.05) is 0 Å². The molecule has 2 rings (SSSR count). The number of aryl methyl sites for hydroxylation is 1. The molecule has 1 aliphatic rings. The van der Waals surface area contributed by atoms with Crippen LogP contribution in [0.5, 0.6) is 0 Å². The number of rotatable bonds is 6. The molecule has 1 fully saturated rings. The fourth-order valence-electron chi connectivity index (χ4n) is 2.34. The molecule has 0 saturated heterocycles. The molecule has 1 unspecified atom stereocenters. The standard InChI is InChI=1S/C14H24N2S/c1-10(2)16(9-12-5-6-12)13(8-15)14-7-4-11(3)17-14/h4,7,10,12-13H,5-6,8-9,15H2,1-3H3. The molecule has 0 bridgehead atoms. The third-order valence-corrected chi connectivity index (χ3v) is 4.64. The number of hydrogen-bond donors (Lipinski definition) is 1. The third kappa shape index (κ3) is 3.30. The molecule has 1 atom stereocenters. The maximum atomic E-state index is 6.01. The van der Waals surface area contributed by atoms with Gasteiger partial charge in [-0.05, 0) is 51.7 Å². The summed E-state index contributed by atoms with van der Waals surface area (Å²) in [7, 11) is 0. The summed E-state index contributed by atoms with van der Waals surface area (Å²) in [5, 5.41) is 0. The second-order valence-corrected chi connectivity index (χ2v) is 6.75. The van der Waals surface area contributed by atoms with E-state index >= 15 is 0 Å². The van der Waals surface area contributed by atoms with Crippen LogP contribution >= 0.6 is 11.3 Å². The topological polar surface area (TPSA) is 29.3 Å². The number of thiophene rings is 1. The quantitative estimate of drug-likeness (QED) is 0.842. The third-order valence-electron chi connectivity index (χ3n) is 3.54. The van der Waals surface area contributed by atoms with Gasteiger partial charge in [0.25, 0.3) is 0 Å². The van der Waals surface area contributed by atoms with Crippen molar-refractivity contribution in [2.75, 3.05) is 13.1 Å². The zero-order valence-electron chi connectivity index (χ0n) is 11.1. The lowest BCUT2D eigenvalue weighted by atomic mass is 10.1. The van der Waals surface area contributed by atoms with E-state index in [0.717, 1.165) is 12.5 Å². The Morgan fingerprint density at radius 1 is 1.41 bits per heavy atom. The molecule has 2 N–H and O–H groups in total. The van der Waals surface area contributed by atoms with Gasteiger partial charge in [-0.2, -0.15) is 0 Å². The van der Waals surface area contributed by atoms with Crippen molar-refractivity contribution in [1.82, 2.24) is 4.90 Å². The van der Waals surface area contributed by atoms with Crippen LogP contribution in [0, 0.1) is 12.8 Å². The van der Waals surface area contributed by atoms with Gasteiger partial charge in [-0.25, -0.2) is 0 Å². The van der Waals surface area contributed by atoms with E-state index in [2.05, 4.69) is 37.8 Å². The van der Waals surface area contributed by atoms with Gasteiger partial charge in [-0.3, -0.25) is 4.90 Å². The fourth-order valence-corrected chi connectivity index (χ4v) is 3.36. The number of nitrogens with zero attached hydrogens (tertiary/aromatic N) is 1. The van der Waals surface area contributed by atoms with Gasteiger partial charge in [0.1, 0.15) is 0 Å². The van der Waals surface area contributed by atoms with Crippen molar-refractivity contribution < 1.29 is 0 Å². The molecule has 1 aromatic rings. The van der Waals surface area contributed by atoms with E-state index in [-0.39, 0.29) is 0 Å². The highest BCUT2D eigenvalue weighted by Crippen LogP contribution is 2.35. The van der Waals surface area contributed by atoms with Gasteiger partial charge in [-0.15, -0.1) is 11.3 Å². The molecule has 1 aliphatic carbocycles. The summed E-state index contributed by atoms with van der Waals surface area (Å²) in [4.78, 5) is 5.40.